The van der Waals surface area contributed by atoms with Crippen molar-refractivity contribution in [2.24, 2.45) is 5.92 Å². The van der Waals surface area contributed by atoms with Gasteiger partial charge in [-0.25, -0.2) is 8.42 Å². The summed E-state index contributed by atoms with van der Waals surface area (Å²) in [5.41, 5.74) is 2.62. The highest BCUT2D eigenvalue weighted by Crippen LogP contribution is 2.29. The number of aromatic nitrogens is 2. The van der Waals surface area contributed by atoms with Crippen molar-refractivity contribution in [2.45, 2.75) is 24.7 Å². The number of carbonyl (C=O) groups excluding carboxylic acids is 1. The fourth-order valence-electron chi connectivity index (χ4n) is 3.51. The number of rotatable bonds is 4. The Balaban J connectivity index is 1.54. The standard InChI is InChI=1S/C19H19BrN4O3S2/c1-12-10-14(20)7-8-15(12)21-19(25)13-4-3-9-24(11-13)29(26,27)17-6-2-5-16-18(17)23-28-22-16/h2,5-8,10,13H,3-4,9,11H2,1H3,(H,21,25)/t13-/m0/s1. The fraction of sp³-hybridized carbons (Fsp3) is 0.316. The highest BCUT2D eigenvalue weighted by atomic mass is 79.9. The van der Waals surface area contributed by atoms with Gasteiger partial charge in [-0.3, -0.25) is 4.79 Å². The number of benzene rings is 2. The van der Waals surface area contributed by atoms with E-state index in [9.17, 15) is 13.2 Å². The summed E-state index contributed by atoms with van der Waals surface area (Å²) >= 11 is 4.40. The molecule has 0 saturated carbocycles. The molecule has 3 aromatic rings. The lowest BCUT2D eigenvalue weighted by Crippen LogP contribution is -2.43. The third-order valence-electron chi connectivity index (χ3n) is 5.07. The summed E-state index contributed by atoms with van der Waals surface area (Å²) in [6.07, 6.45) is 1.28. The van der Waals surface area contributed by atoms with Crippen molar-refractivity contribution in [2.75, 3.05) is 18.4 Å². The molecule has 1 fully saturated rings. The molecule has 29 heavy (non-hydrogen) atoms. The fourth-order valence-corrected chi connectivity index (χ4v) is 6.26. The highest BCUT2D eigenvalue weighted by molar-refractivity contribution is 9.10. The summed E-state index contributed by atoms with van der Waals surface area (Å²) in [7, 11) is -3.76. The molecule has 2 aromatic carbocycles. The number of hydrogen-bond donors (Lipinski definition) is 1. The summed E-state index contributed by atoms with van der Waals surface area (Å²) in [6, 6.07) is 10.6. The van der Waals surface area contributed by atoms with Gasteiger partial charge in [-0.2, -0.15) is 13.1 Å². The van der Waals surface area contributed by atoms with Crippen LogP contribution in [0.2, 0.25) is 0 Å². The molecule has 1 N–H and O–H groups in total. The third kappa shape index (κ3) is 4.07. The number of halogens is 1. The van der Waals surface area contributed by atoms with E-state index in [0.717, 1.165) is 27.5 Å². The molecule has 1 atom stereocenters. The number of nitrogens with one attached hydrogen (secondary N) is 1. The zero-order chi connectivity index (χ0) is 20.6. The van der Waals surface area contributed by atoms with E-state index in [4.69, 9.17) is 0 Å². The average Bonchev–Trinajstić information content (AvgIpc) is 3.19. The van der Waals surface area contributed by atoms with Crippen molar-refractivity contribution in [3.05, 3.63) is 46.4 Å². The Morgan fingerprint density at radius 1 is 1.28 bits per heavy atom. The van der Waals surface area contributed by atoms with E-state index in [2.05, 4.69) is 30.0 Å². The van der Waals surface area contributed by atoms with Crippen molar-refractivity contribution in [1.29, 1.82) is 0 Å². The van der Waals surface area contributed by atoms with Crippen molar-refractivity contribution >= 4 is 60.3 Å². The number of anilines is 1. The van der Waals surface area contributed by atoms with E-state index in [-0.39, 0.29) is 17.3 Å². The molecule has 152 valence electrons. The average molecular weight is 495 g/mol. The van der Waals surface area contributed by atoms with Gasteiger partial charge in [0.1, 0.15) is 15.9 Å². The molecular formula is C19H19BrN4O3S2. The van der Waals surface area contributed by atoms with Crippen LogP contribution >= 0.6 is 27.7 Å². The zero-order valence-electron chi connectivity index (χ0n) is 15.6. The van der Waals surface area contributed by atoms with Gasteiger partial charge in [-0.15, -0.1) is 0 Å². The molecule has 1 aliphatic rings. The molecule has 1 amide bonds. The third-order valence-corrected chi connectivity index (χ3v) is 8.00. The molecule has 0 bridgehead atoms. The number of fused-ring (bicyclic) bond motifs is 1. The van der Waals surface area contributed by atoms with E-state index in [1.165, 1.54) is 4.31 Å². The zero-order valence-corrected chi connectivity index (χ0v) is 18.8. The maximum Gasteiger partial charge on any atom is 0.245 e. The number of sulfonamides is 1. The van der Waals surface area contributed by atoms with Crippen LogP contribution < -0.4 is 5.32 Å². The first-order chi connectivity index (χ1) is 13.9. The Morgan fingerprint density at radius 2 is 2.10 bits per heavy atom. The Hall–Kier alpha value is -1.88. The van der Waals surface area contributed by atoms with E-state index in [0.29, 0.717) is 30.4 Å². The van der Waals surface area contributed by atoms with Crippen LogP contribution in [0.5, 0.6) is 0 Å². The van der Waals surface area contributed by atoms with Crippen molar-refractivity contribution in [1.82, 2.24) is 13.1 Å². The lowest BCUT2D eigenvalue weighted by Gasteiger charge is -2.31. The van der Waals surface area contributed by atoms with Gasteiger partial charge < -0.3 is 5.32 Å². The van der Waals surface area contributed by atoms with Gasteiger partial charge in [0.25, 0.3) is 0 Å². The van der Waals surface area contributed by atoms with Crippen LogP contribution in [-0.2, 0) is 14.8 Å². The van der Waals surface area contributed by atoms with Gasteiger partial charge >= 0.3 is 0 Å². The van der Waals surface area contributed by atoms with Gasteiger partial charge in [-0.05, 0) is 55.7 Å². The molecule has 1 aliphatic heterocycles. The minimum absolute atomic E-state index is 0.147. The lowest BCUT2D eigenvalue weighted by molar-refractivity contribution is -0.120. The quantitative estimate of drug-likeness (QED) is 0.595. The lowest BCUT2D eigenvalue weighted by atomic mass is 9.98. The van der Waals surface area contributed by atoms with Gasteiger partial charge in [0.15, 0.2) is 0 Å². The topological polar surface area (TPSA) is 92.3 Å². The molecule has 2 heterocycles. The van der Waals surface area contributed by atoms with Crippen molar-refractivity contribution in [3.63, 3.8) is 0 Å². The van der Waals surface area contributed by atoms with Crippen molar-refractivity contribution < 1.29 is 13.2 Å². The number of piperidine rings is 1. The summed E-state index contributed by atoms with van der Waals surface area (Å²) in [5.74, 6) is -0.571. The second-order valence-electron chi connectivity index (χ2n) is 7.04. The molecule has 4 rings (SSSR count). The molecule has 0 aliphatic carbocycles. The molecule has 10 heteroatoms. The normalized spacial score (nSPS) is 18.1. The van der Waals surface area contributed by atoms with Crippen LogP contribution in [0.1, 0.15) is 18.4 Å². The van der Waals surface area contributed by atoms with E-state index in [1.54, 1.807) is 18.2 Å². The van der Waals surface area contributed by atoms with Crippen LogP contribution in [0.15, 0.2) is 45.8 Å². The summed E-state index contributed by atoms with van der Waals surface area (Å²) in [6.45, 7) is 2.45. The highest BCUT2D eigenvalue weighted by Gasteiger charge is 2.34. The first kappa shape index (κ1) is 20.4. The predicted octanol–water partition coefficient (Wildman–Crippen LogP) is 3.80. The Labute approximate surface area is 181 Å². The maximum absolute atomic E-state index is 13.2. The number of aryl methyl sites for hydroxylation is 1. The minimum atomic E-state index is -3.76. The molecule has 1 aromatic heterocycles. The number of carbonyl (C=O) groups is 1. The van der Waals surface area contributed by atoms with Crippen LogP contribution in [-0.4, -0.2) is 40.5 Å². The summed E-state index contributed by atoms with van der Waals surface area (Å²) in [4.78, 5) is 13.0. The monoisotopic (exact) mass is 494 g/mol. The number of nitrogens with zero attached hydrogens (tertiary/aromatic N) is 3. The maximum atomic E-state index is 13.2. The minimum Gasteiger partial charge on any atom is -0.326 e. The molecular weight excluding hydrogens is 476 g/mol. The van der Waals surface area contributed by atoms with E-state index >= 15 is 0 Å². The number of amides is 1. The Bertz CT molecular complexity index is 1180. The predicted molar refractivity (Wildman–Crippen MR) is 116 cm³/mol. The van der Waals surface area contributed by atoms with Gasteiger partial charge in [0, 0.05) is 23.2 Å². The van der Waals surface area contributed by atoms with E-state index < -0.39 is 15.9 Å². The van der Waals surface area contributed by atoms with Gasteiger partial charge in [0.05, 0.1) is 17.6 Å². The molecule has 1 saturated heterocycles. The smallest absolute Gasteiger partial charge is 0.245 e. The second-order valence-corrected chi connectivity index (χ2v) is 10.4. The molecule has 0 spiro atoms. The van der Waals surface area contributed by atoms with Gasteiger partial charge in [-0.1, -0.05) is 22.0 Å². The largest absolute Gasteiger partial charge is 0.326 e. The van der Waals surface area contributed by atoms with Gasteiger partial charge in [0.2, 0.25) is 15.9 Å². The second kappa shape index (κ2) is 8.10. The Kier molecular flexibility index (Phi) is 5.69. The van der Waals surface area contributed by atoms with Crippen LogP contribution in [0, 0.1) is 12.8 Å². The van der Waals surface area contributed by atoms with Crippen LogP contribution in [0.3, 0.4) is 0 Å². The number of hydrogen-bond acceptors (Lipinski definition) is 6. The Morgan fingerprint density at radius 3 is 2.90 bits per heavy atom. The first-order valence-electron chi connectivity index (χ1n) is 9.15. The van der Waals surface area contributed by atoms with Crippen LogP contribution in [0.25, 0.3) is 11.0 Å². The van der Waals surface area contributed by atoms with Crippen molar-refractivity contribution in [3.8, 4) is 0 Å². The summed E-state index contributed by atoms with van der Waals surface area (Å²) < 4.78 is 37.1. The molecule has 0 radical (unpaired) electrons. The summed E-state index contributed by atoms with van der Waals surface area (Å²) in [5, 5.41) is 2.94. The molecule has 7 nitrogen and oxygen atoms in total. The SMILES string of the molecule is Cc1cc(Br)ccc1NC(=O)[C@H]1CCCN(S(=O)(=O)c2cccc3nsnc23)C1. The van der Waals surface area contributed by atoms with Crippen LogP contribution in [0.4, 0.5) is 5.69 Å². The molecule has 0 unspecified atom stereocenters. The van der Waals surface area contributed by atoms with E-state index in [1.807, 2.05) is 25.1 Å². The first-order valence-corrected chi connectivity index (χ1v) is 12.1.